The van der Waals surface area contributed by atoms with Crippen molar-refractivity contribution in [2.45, 2.75) is 45.1 Å². The zero-order valence-corrected chi connectivity index (χ0v) is 8.18. The van der Waals surface area contributed by atoms with Crippen LogP contribution in [0.3, 0.4) is 0 Å². The molecule has 0 heterocycles. The molecule has 1 fully saturated rings. The molecule has 0 radical (unpaired) electrons. The molecule has 0 aliphatic heterocycles. The Balaban J connectivity index is 1.86. The molecule has 0 aromatic heterocycles. The largest absolute Gasteiger partial charge is 0.314 e. The summed E-state index contributed by atoms with van der Waals surface area (Å²) in [6, 6.07) is 0.724. The van der Waals surface area contributed by atoms with Gasteiger partial charge >= 0.3 is 0 Å². The van der Waals surface area contributed by atoms with E-state index in [1.54, 1.807) is 0 Å². The van der Waals surface area contributed by atoms with Gasteiger partial charge in [-0.3, -0.25) is 0 Å². The molecule has 0 spiro atoms. The van der Waals surface area contributed by atoms with E-state index >= 15 is 0 Å². The van der Waals surface area contributed by atoms with Crippen molar-refractivity contribution in [3.8, 4) is 0 Å². The smallest absolute Gasteiger partial charge is 0.00413 e. The van der Waals surface area contributed by atoms with Crippen LogP contribution in [0.2, 0.25) is 0 Å². The van der Waals surface area contributed by atoms with Crippen LogP contribution in [0.5, 0.6) is 0 Å². The molecule has 1 saturated carbocycles. The van der Waals surface area contributed by atoms with Gasteiger partial charge in [0.2, 0.25) is 0 Å². The van der Waals surface area contributed by atoms with Crippen LogP contribution in [0.4, 0.5) is 0 Å². The van der Waals surface area contributed by atoms with Crippen molar-refractivity contribution in [2.75, 3.05) is 6.54 Å². The van der Waals surface area contributed by atoms with Gasteiger partial charge in [-0.25, -0.2) is 0 Å². The summed E-state index contributed by atoms with van der Waals surface area (Å²) in [7, 11) is 0. The maximum Gasteiger partial charge on any atom is 0.00413 e. The van der Waals surface area contributed by atoms with Crippen LogP contribution in [0, 0.1) is 5.92 Å². The third kappa shape index (κ3) is 4.55. The summed E-state index contributed by atoms with van der Waals surface area (Å²) in [6.45, 7) is 7.16. The molecule has 0 bridgehead atoms. The Labute approximate surface area is 76.2 Å². The Morgan fingerprint density at radius 1 is 1.58 bits per heavy atom. The van der Waals surface area contributed by atoms with Crippen molar-refractivity contribution in [3.05, 3.63) is 12.7 Å². The highest BCUT2D eigenvalue weighted by Gasteiger charge is 2.22. The molecule has 1 unspecified atom stereocenters. The molecule has 1 aliphatic carbocycles. The van der Waals surface area contributed by atoms with Gasteiger partial charge < -0.3 is 5.32 Å². The molecule has 1 rings (SSSR count). The minimum Gasteiger partial charge on any atom is -0.314 e. The summed E-state index contributed by atoms with van der Waals surface area (Å²) in [5, 5.41) is 3.54. The number of hydrogen-bond acceptors (Lipinski definition) is 1. The lowest BCUT2D eigenvalue weighted by Crippen LogP contribution is -2.27. The summed E-state index contributed by atoms with van der Waals surface area (Å²) >= 11 is 0. The lowest BCUT2D eigenvalue weighted by atomic mass is 10.1. The molecule has 1 atom stereocenters. The molecule has 1 heteroatoms. The van der Waals surface area contributed by atoms with Crippen molar-refractivity contribution >= 4 is 0 Å². The zero-order chi connectivity index (χ0) is 8.81. The third-order valence-corrected chi connectivity index (χ3v) is 2.46. The van der Waals surface area contributed by atoms with Crippen molar-refractivity contribution in [3.63, 3.8) is 0 Å². The second kappa shape index (κ2) is 5.36. The fourth-order valence-corrected chi connectivity index (χ4v) is 1.53. The fourth-order valence-electron chi connectivity index (χ4n) is 1.53. The van der Waals surface area contributed by atoms with E-state index in [-0.39, 0.29) is 0 Å². The van der Waals surface area contributed by atoms with Gasteiger partial charge in [-0.15, -0.1) is 6.58 Å². The topological polar surface area (TPSA) is 12.0 Å². The molecule has 12 heavy (non-hydrogen) atoms. The molecule has 1 nitrogen and oxygen atoms in total. The molecule has 0 saturated heterocycles. The van der Waals surface area contributed by atoms with E-state index in [0.717, 1.165) is 24.9 Å². The Kier molecular flexibility index (Phi) is 4.37. The van der Waals surface area contributed by atoms with Crippen LogP contribution in [0.1, 0.15) is 39.0 Å². The van der Waals surface area contributed by atoms with Crippen LogP contribution in [-0.2, 0) is 0 Å². The molecule has 0 amide bonds. The average molecular weight is 167 g/mol. The van der Waals surface area contributed by atoms with Crippen LogP contribution >= 0.6 is 0 Å². The number of unbranched alkanes of at least 4 members (excludes halogenated alkanes) is 1. The molecular weight excluding hydrogens is 146 g/mol. The second-order valence-electron chi connectivity index (χ2n) is 3.97. The monoisotopic (exact) mass is 167 g/mol. The van der Waals surface area contributed by atoms with Gasteiger partial charge in [-0.1, -0.05) is 18.9 Å². The molecular formula is C11H21N. The first-order valence-corrected chi connectivity index (χ1v) is 5.17. The van der Waals surface area contributed by atoms with Crippen molar-refractivity contribution in [2.24, 2.45) is 5.92 Å². The van der Waals surface area contributed by atoms with Crippen molar-refractivity contribution < 1.29 is 0 Å². The van der Waals surface area contributed by atoms with Gasteiger partial charge in [0.05, 0.1) is 0 Å². The predicted octanol–water partition coefficient (Wildman–Crippen LogP) is 2.73. The highest BCUT2D eigenvalue weighted by Crippen LogP contribution is 2.33. The summed E-state index contributed by atoms with van der Waals surface area (Å²) in [5.41, 5.74) is 0. The highest BCUT2D eigenvalue weighted by atomic mass is 14.9. The van der Waals surface area contributed by atoms with Crippen LogP contribution in [0.15, 0.2) is 12.7 Å². The Morgan fingerprint density at radius 2 is 2.33 bits per heavy atom. The number of allylic oxidation sites excluding steroid dienone is 1. The van der Waals surface area contributed by atoms with Crippen molar-refractivity contribution in [1.29, 1.82) is 0 Å². The zero-order valence-electron chi connectivity index (χ0n) is 8.18. The molecule has 0 aromatic rings. The molecule has 70 valence electrons. The Hall–Kier alpha value is -0.300. The highest BCUT2D eigenvalue weighted by molar-refractivity contribution is 4.78. The van der Waals surface area contributed by atoms with E-state index < -0.39 is 0 Å². The maximum atomic E-state index is 3.71. The van der Waals surface area contributed by atoms with Crippen LogP contribution in [0.25, 0.3) is 0 Å². The SMILES string of the molecule is C=CCCCNC(C)CC1CC1. The average Bonchev–Trinajstić information content (AvgIpc) is 2.82. The van der Waals surface area contributed by atoms with Crippen LogP contribution in [-0.4, -0.2) is 12.6 Å². The van der Waals surface area contributed by atoms with Crippen LogP contribution < -0.4 is 5.32 Å². The minimum absolute atomic E-state index is 0.724. The Bertz CT molecular complexity index is 127. The lowest BCUT2D eigenvalue weighted by Gasteiger charge is -2.12. The molecule has 1 N–H and O–H groups in total. The number of rotatable bonds is 7. The maximum absolute atomic E-state index is 3.71. The van der Waals surface area contributed by atoms with Gasteiger partial charge in [0, 0.05) is 6.04 Å². The standard InChI is InChI=1S/C11H21N/c1-3-4-5-8-12-10(2)9-11-6-7-11/h3,10-12H,1,4-9H2,2H3. The van der Waals surface area contributed by atoms with Crippen molar-refractivity contribution in [1.82, 2.24) is 5.32 Å². The summed E-state index contributed by atoms with van der Waals surface area (Å²) in [6.07, 6.45) is 8.69. The normalized spacial score (nSPS) is 19.1. The first-order valence-electron chi connectivity index (χ1n) is 5.17. The summed E-state index contributed by atoms with van der Waals surface area (Å²) < 4.78 is 0. The van der Waals surface area contributed by atoms with E-state index in [2.05, 4.69) is 18.8 Å². The second-order valence-corrected chi connectivity index (χ2v) is 3.97. The quantitative estimate of drug-likeness (QED) is 0.454. The van der Waals surface area contributed by atoms with Gasteiger partial charge in [0.1, 0.15) is 0 Å². The third-order valence-electron chi connectivity index (χ3n) is 2.46. The first kappa shape index (κ1) is 9.79. The first-order chi connectivity index (χ1) is 5.83. The number of hydrogen-bond donors (Lipinski definition) is 1. The fraction of sp³-hybridized carbons (Fsp3) is 0.818. The van der Waals surface area contributed by atoms with E-state index in [1.165, 1.54) is 25.7 Å². The van der Waals surface area contributed by atoms with Gasteiger partial charge in [-0.2, -0.15) is 0 Å². The Morgan fingerprint density at radius 3 is 2.92 bits per heavy atom. The summed E-state index contributed by atoms with van der Waals surface area (Å²) in [4.78, 5) is 0. The predicted molar refractivity (Wildman–Crippen MR) is 54.2 cm³/mol. The van der Waals surface area contributed by atoms with E-state index in [1.807, 2.05) is 6.08 Å². The summed E-state index contributed by atoms with van der Waals surface area (Å²) in [5.74, 6) is 1.05. The van der Waals surface area contributed by atoms with Gasteiger partial charge in [0.25, 0.3) is 0 Å². The minimum atomic E-state index is 0.724. The van der Waals surface area contributed by atoms with E-state index in [4.69, 9.17) is 0 Å². The lowest BCUT2D eigenvalue weighted by molar-refractivity contribution is 0.484. The number of nitrogens with one attached hydrogen (secondary N) is 1. The molecule has 1 aliphatic rings. The van der Waals surface area contributed by atoms with E-state index in [0.29, 0.717) is 0 Å². The molecule has 0 aromatic carbocycles. The van der Waals surface area contributed by atoms with Gasteiger partial charge in [-0.05, 0) is 38.6 Å². The van der Waals surface area contributed by atoms with Gasteiger partial charge in [0.15, 0.2) is 0 Å². The van der Waals surface area contributed by atoms with E-state index in [9.17, 15) is 0 Å².